The number of carbonyl (C=O) groups is 1. The standard InChI is InChI=1S/C18H14ClFN4O/c19-17-16(11-4-6-12(20)7-5-11)24-18(21)14(23-17)8-9-15(25)13-3-1-2-10-22-13/h1-7,10H,8-9H2,(H2,21,24). The van der Waals surface area contributed by atoms with Crippen LogP contribution in [-0.2, 0) is 6.42 Å². The minimum absolute atomic E-state index is 0.111. The Hall–Kier alpha value is -2.86. The summed E-state index contributed by atoms with van der Waals surface area (Å²) in [5.41, 5.74) is 7.77. The topological polar surface area (TPSA) is 81.8 Å². The molecule has 0 amide bonds. The van der Waals surface area contributed by atoms with Crippen LogP contribution in [0.25, 0.3) is 11.3 Å². The second kappa shape index (κ2) is 7.36. The molecule has 2 N–H and O–H groups in total. The lowest BCUT2D eigenvalue weighted by atomic mass is 10.1. The summed E-state index contributed by atoms with van der Waals surface area (Å²) in [4.78, 5) is 24.6. The summed E-state index contributed by atoms with van der Waals surface area (Å²) in [6.07, 6.45) is 2.07. The maximum absolute atomic E-state index is 13.0. The van der Waals surface area contributed by atoms with E-state index in [9.17, 15) is 9.18 Å². The van der Waals surface area contributed by atoms with E-state index in [0.717, 1.165) is 0 Å². The number of aromatic nitrogens is 3. The zero-order valence-corrected chi connectivity index (χ0v) is 13.9. The lowest BCUT2D eigenvalue weighted by Crippen LogP contribution is -2.08. The van der Waals surface area contributed by atoms with Crippen LogP contribution in [0.1, 0.15) is 22.6 Å². The largest absolute Gasteiger partial charge is 0.382 e. The van der Waals surface area contributed by atoms with E-state index in [4.69, 9.17) is 17.3 Å². The highest BCUT2D eigenvalue weighted by molar-refractivity contribution is 6.31. The van der Waals surface area contributed by atoms with E-state index in [-0.39, 0.29) is 29.0 Å². The molecule has 3 aromatic rings. The molecule has 0 saturated heterocycles. The molecule has 0 fully saturated rings. The Bertz CT molecular complexity index is 901. The zero-order valence-electron chi connectivity index (χ0n) is 13.1. The highest BCUT2D eigenvalue weighted by Gasteiger charge is 2.14. The van der Waals surface area contributed by atoms with Gasteiger partial charge in [-0.2, -0.15) is 0 Å². The van der Waals surface area contributed by atoms with Crippen molar-refractivity contribution in [3.63, 3.8) is 0 Å². The molecule has 0 saturated carbocycles. The number of halogens is 2. The van der Waals surface area contributed by atoms with Gasteiger partial charge >= 0.3 is 0 Å². The third kappa shape index (κ3) is 3.97. The molecule has 2 heterocycles. The number of benzene rings is 1. The number of nitrogens with zero attached hydrogens (tertiary/aromatic N) is 3. The van der Waals surface area contributed by atoms with Crippen molar-refractivity contribution in [3.8, 4) is 11.3 Å². The summed E-state index contributed by atoms with van der Waals surface area (Å²) in [6.45, 7) is 0. The molecule has 0 unspecified atom stereocenters. The highest BCUT2D eigenvalue weighted by atomic mass is 35.5. The number of ketones is 1. The van der Waals surface area contributed by atoms with E-state index in [2.05, 4.69) is 15.0 Å². The average Bonchev–Trinajstić information content (AvgIpc) is 2.63. The van der Waals surface area contributed by atoms with Crippen molar-refractivity contribution in [2.75, 3.05) is 5.73 Å². The Morgan fingerprint density at radius 2 is 1.88 bits per heavy atom. The maximum atomic E-state index is 13.0. The molecule has 0 spiro atoms. The number of carbonyl (C=O) groups excluding carboxylic acids is 1. The predicted octanol–water partition coefficient (Wildman–Crippen LogP) is 3.73. The number of aryl methyl sites for hydroxylation is 1. The number of nitrogen functional groups attached to an aromatic ring is 1. The zero-order chi connectivity index (χ0) is 17.8. The third-order valence-electron chi connectivity index (χ3n) is 3.61. The van der Waals surface area contributed by atoms with Crippen molar-refractivity contribution in [2.24, 2.45) is 0 Å². The first-order valence-corrected chi connectivity index (χ1v) is 7.94. The molecule has 126 valence electrons. The monoisotopic (exact) mass is 356 g/mol. The summed E-state index contributed by atoms with van der Waals surface area (Å²) >= 11 is 6.19. The normalized spacial score (nSPS) is 10.6. The van der Waals surface area contributed by atoms with Crippen LogP contribution in [0.4, 0.5) is 10.2 Å². The predicted molar refractivity (Wildman–Crippen MR) is 93.7 cm³/mol. The third-order valence-corrected chi connectivity index (χ3v) is 3.88. The molecule has 3 rings (SSSR count). The fourth-order valence-electron chi connectivity index (χ4n) is 2.32. The molecule has 0 bridgehead atoms. The summed E-state index contributed by atoms with van der Waals surface area (Å²) in [5, 5.41) is 0.154. The van der Waals surface area contributed by atoms with Crippen molar-refractivity contribution in [3.05, 3.63) is 71.0 Å². The van der Waals surface area contributed by atoms with E-state index in [1.165, 1.54) is 12.1 Å². The number of nitrogens with two attached hydrogens (primary N) is 1. The molecule has 0 aliphatic carbocycles. The van der Waals surface area contributed by atoms with E-state index >= 15 is 0 Å². The molecule has 2 aromatic heterocycles. The second-order valence-electron chi connectivity index (χ2n) is 5.34. The lowest BCUT2D eigenvalue weighted by Gasteiger charge is -2.09. The fourth-order valence-corrected chi connectivity index (χ4v) is 2.58. The molecule has 0 atom stereocenters. The van der Waals surface area contributed by atoms with E-state index < -0.39 is 0 Å². The van der Waals surface area contributed by atoms with Gasteiger partial charge < -0.3 is 5.73 Å². The van der Waals surface area contributed by atoms with Crippen LogP contribution in [0.2, 0.25) is 5.15 Å². The van der Waals surface area contributed by atoms with Gasteiger partial charge in [0.25, 0.3) is 0 Å². The number of hydrogen-bond acceptors (Lipinski definition) is 5. The quantitative estimate of drug-likeness (QED) is 0.704. The molecule has 7 heteroatoms. The van der Waals surface area contributed by atoms with E-state index in [1.807, 2.05) is 0 Å². The molecular formula is C18H14ClFN4O. The Morgan fingerprint density at radius 3 is 2.56 bits per heavy atom. The summed E-state index contributed by atoms with van der Waals surface area (Å²) < 4.78 is 13.0. The minimum Gasteiger partial charge on any atom is -0.382 e. The van der Waals surface area contributed by atoms with Gasteiger partial charge in [0.2, 0.25) is 0 Å². The number of pyridine rings is 1. The van der Waals surface area contributed by atoms with Crippen LogP contribution < -0.4 is 5.73 Å². The van der Waals surface area contributed by atoms with Crippen LogP contribution in [0.15, 0.2) is 48.7 Å². The first kappa shape index (κ1) is 17.0. The molecule has 25 heavy (non-hydrogen) atoms. The van der Waals surface area contributed by atoms with Gasteiger partial charge in [0.05, 0.1) is 5.69 Å². The van der Waals surface area contributed by atoms with Gasteiger partial charge in [0, 0.05) is 24.6 Å². The maximum Gasteiger partial charge on any atom is 0.181 e. The molecule has 0 radical (unpaired) electrons. The lowest BCUT2D eigenvalue weighted by molar-refractivity contribution is 0.0978. The van der Waals surface area contributed by atoms with Gasteiger partial charge in [-0.1, -0.05) is 17.7 Å². The van der Waals surface area contributed by atoms with Crippen LogP contribution in [0.3, 0.4) is 0 Å². The van der Waals surface area contributed by atoms with Gasteiger partial charge in [0.15, 0.2) is 10.9 Å². The molecular weight excluding hydrogens is 343 g/mol. The van der Waals surface area contributed by atoms with Crippen LogP contribution >= 0.6 is 11.6 Å². The minimum atomic E-state index is -0.356. The van der Waals surface area contributed by atoms with Crippen molar-refractivity contribution in [1.29, 1.82) is 0 Å². The van der Waals surface area contributed by atoms with E-state index in [0.29, 0.717) is 29.1 Å². The number of anilines is 1. The second-order valence-corrected chi connectivity index (χ2v) is 5.70. The van der Waals surface area contributed by atoms with Crippen LogP contribution in [-0.4, -0.2) is 20.7 Å². The molecule has 0 aliphatic heterocycles. The fraction of sp³-hybridized carbons (Fsp3) is 0.111. The molecule has 1 aromatic carbocycles. The summed E-state index contributed by atoms with van der Waals surface area (Å²) in [6, 6.07) is 10.9. The Balaban J connectivity index is 1.78. The van der Waals surface area contributed by atoms with Crippen molar-refractivity contribution in [1.82, 2.24) is 15.0 Å². The first-order chi connectivity index (χ1) is 12.0. The van der Waals surface area contributed by atoms with Crippen molar-refractivity contribution < 1.29 is 9.18 Å². The average molecular weight is 357 g/mol. The van der Waals surface area contributed by atoms with Crippen molar-refractivity contribution >= 4 is 23.2 Å². The Kier molecular flexibility index (Phi) is 5.00. The smallest absolute Gasteiger partial charge is 0.181 e. The SMILES string of the molecule is Nc1nc(-c2ccc(F)cc2)c(Cl)nc1CCC(=O)c1ccccn1. The van der Waals surface area contributed by atoms with Gasteiger partial charge in [-0.15, -0.1) is 0 Å². The Morgan fingerprint density at radius 1 is 1.12 bits per heavy atom. The molecule has 5 nitrogen and oxygen atoms in total. The van der Waals surface area contributed by atoms with Crippen molar-refractivity contribution in [2.45, 2.75) is 12.8 Å². The van der Waals surface area contributed by atoms with Gasteiger partial charge in [-0.3, -0.25) is 9.78 Å². The summed E-state index contributed by atoms with van der Waals surface area (Å²) in [5.74, 6) is -0.275. The van der Waals surface area contributed by atoms with Crippen LogP contribution in [0, 0.1) is 5.82 Å². The number of Topliss-reactive ketones (excluding diaryl/α,β-unsaturated/α-hetero) is 1. The summed E-state index contributed by atoms with van der Waals surface area (Å²) in [7, 11) is 0. The highest BCUT2D eigenvalue weighted by Crippen LogP contribution is 2.27. The Labute approximate surface area is 148 Å². The number of rotatable bonds is 5. The van der Waals surface area contributed by atoms with Gasteiger partial charge in [-0.05, 0) is 36.4 Å². The van der Waals surface area contributed by atoms with Gasteiger partial charge in [-0.25, -0.2) is 14.4 Å². The molecule has 0 aliphatic rings. The van der Waals surface area contributed by atoms with Crippen LogP contribution in [0.5, 0.6) is 0 Å². The van der Waals surface area contributed by atoms with Gasteiger partial charge in [0.1, 0.15) is 23.0 Å². The van der Waals surface area contributed by atoms with E-state index in [1.54, 1.807) is 36.5 Å². The number of hydrogen-bond donors (Lipinski definition) is 1. The first-order valence-electron chi connectivity index (χ1n) is 7.56.